The summed E-state index contributed by atoms with van der Waals surface area (Å²) in [6, 6.07) is 21.4. The van der Waals surface area contributed by atoms with Crippen LogP contribution < -0.4 is 0 Å². The molecule has 5 heteroatoms. The zero-order chi connectivity index (χ0) is 24.9. The van der Waals surface area contributed by atoms with Crippen molar-refractivity contribution in [2.24, 2.45) is 0 Å². The van der Waals surface area contributed by atoms with Gasteiger partial charge in [0.25, 0.3) is 0 Å². The minimum absolute atomic E-state index is 0.0247. The summed E-state index contributed by atoms with van der Waals surface area (Å²) in [7, 11) is -3.89. The van der Waals surface area contributed by atoms with Crippen molar-refractivity contribution >= 4 is 7.60 Å². The number of benzene rings is 2. The zero-order valence-corrected chi connectivity index (χ0v) is 21.9. The number of aromatic nitrogens is 1. The van der Waals surface area contributed by atoms with Crippen molar-refractivity contribution in [3.05, 3.63) is 78.1 Å². The van der Waals surface area contributed by atoms with E-state index in [2.05, 4.69) is 61.5 Å². The molecule has 2 N–H and O–H groups in total. The summed E-state index contributed by atoms with van der Waals surface area (Å²) in [4.78, 5) is 22.9. The second kappa shape index (κ2) is 14.3. The molecule has 1 aromatic heterocycles. The fraction of sp³-hybridized carbons (Fsp3) is 0.433. The Kier molecular flexibility index (Phi) is 11.2. The van der Waals surface area contributed by atoms with E-state index in [0.717, 1.165) is 36.9 Å². The van der Waals surface area contributed by atoms with Crippen LogP contribution in [0.4, 0.5) is 0 Å². The van der Waals surface area contributed by atoms with Gasteiger partial charge in [-0.15, -0.1) is 0 Å². The van der Waals surface area contributed by atoms with E-state index >= 15 is 0 Å². The van der Waals surface area contributed by atoms with Gasteiger partial charge in [-0.05, 0) is 60.4 Å². The molecule has 0 bridgehead atoms. The molecule has 1 heterocycles. The number of hydrogen-bond acceptors (Lipinski definition) is 2. The zero-order valence-electron chi connectivity index (χ0n) is 21.0. The summed E-state index contributed by atoms with van der Waals surface area (Å²) < 4.78 is 11.0. The van der Waals surface area contributed by atoms with Gasteiger partial charge in [0.2, 0.25) is 0 Å². The van der Waals surface area contributed by atoms with E-state index in [9.17, 15) is 4.57 Å². The Morgan fingerprint density at radius 1 is 0.714 bits per heavy atom. The van der Waals surface area contributed by atoms with E-state index in [-0.39, 0.29) is 6.16 Å². The van der Waals surface area contributed by atoms with Gasteiger partial charge in [0.15, 0.2) is 0 Å². The summed E-state index contributed by atoms with van der Waals surface area (Å²) in [6.07, 6.45) is 14.0. The van der Waals surface area contributed by atoms with Crippen LogP contribution in [-0.2, 0) is 17.4 Å². The predicted molar refractivity (Wildman–Crippen MR) is 147 cm³/mol. The highest BCUT2D eigenvalue weighted by molar-refractivity contribution is 7.51. The maximum absolute atomic E-state index is 11.0. The number of unbranched alkanes of at least 4 members (excludes halogenated alkanes) is 7. The van der Waals surface area contributed by atoms with E-state index in [1.54, 1.807) is 0 Å². The third-order valence-electron chi connectivity index (χ3n) is 6.51. The largest absolute Gasteiger partial charge is 0.325 e. The highest BCUT2D eigenvalue weighted by atomic mass is 31.2. The van der Waals surface area contributed by atoms with Crippen LogP contribution in [0.15, 0.2) is 66.9 Å². The molecule has 0 amide bonds. The van der Waals surface area contributed by atoms with Gasteiger partial charge in [-0.3, -0.25) is 9.55 Å². The predicted octanol–water partition coefficient (Wildman–Crippen LogP) is 8.21. The Labute approximate surface area is 211 Å². The summed E-state index contributed by atoms with van der Waals surface area (Å²) in [5.74, 6) is 0. The quantitative estimate of drug-likeness (QED) is 0.165. The van der Waals surface area contributed by atoms with Crippen LogP contribution in [0.1, 0.15) is 76.0 Å². The van der Waals surface area contributed by atoms with Gasteiger partial charge in [0.05, 0.1) is 0 Å². The number of pyridine rings is 1. The molecule has 0 aliphatic heterocycles. The SMILES string of the molecule is CCCCCCCCc1ccc(-c2ccc(CCCCCP(=O)(O)O)cc2-c2ccccc2)cn1. The summed E-state index contributed by atoms with van der Waals surface area (Å²) in [5, 5.41) is 0. The molecule has 0 fully saturated rings. The van der Waals surface area contributed by atoms with E-state index in [4.69, 9.17) is 14.8 Å². The monoisotopic (exact) mass is 493 g/mol. The van der Waals surface area contributed by atoms with Crippen LogP contribution in [0.2, 0.25) is 0 Å². The number of rotatable bonds is 15. The Morgan fingerprint density at radius 3 is 2.14 bits per heavy atom. The Hall–Kier alpha value is -2.26. The molecule has 0 saturated heterocycles. The van der Waals surface area contributed by atoms with Crippen molar-refractivity contribution in [3.63, 3.8) is 0 Å². The molecule has 0 radical (unpaired) electrons. The first-order valence-corrected chi connectivity index (χ1v) is 14.9. The van der Waals surface area contributed by atoms with E-state index in [0.29, 0.717) is 6.42 Å². The molecule has 3 aromatic rings. The average molecular weight is 494 g/mol. The molecule has 3 rings (SSSR count). The van der Waals surface area contributed by atoms with Gasteiger partial charge >= 0.3 is 7.60 Å². The lowest BCUT2D eigenvalue weighted by molar-refractivity contribution is 0.371. The minimum atomic E-state index is -3.89. The van der Waals surface area contributed by atoms with Crippen LogP contribution in [0.3, 0.4) is 0 Å². The van der Waals surface area contributed by atoms with Crippen LogP contribution >= 0.6 is 7.60 Å². The Bertz CT molecular complexity index is 1060. The van der Waals surface area contributed by atoms with Crippen LogP contribution in [0.5, 0.6) is 0 Å². The molecule has 188 valence electrons. The average Bonchev–Trinajstić information content (AvgIpc) is 2.86. The van der Waals surface area contributed by atoms with Crippen LogP contribution in [0.25, 0.3) is 22.3 Å². The molecule has 0 aliphatic carbocycles. The number of aryl methyl sites for hydroxylation is 2. The fourth-order valence-corrected chi connectivity index (χ4v) is 5.13. The van der Waals surface area contributed by atoms with E-state index in [1.807, 2.05) is 12.3 Å². The maximum atomic E-state index is 11.0. The molecular formula is C30H40NO3P. The highest BCUT2D eigenvalue weighted by Crippen LogP contribution is 2.36. The van der Waals surface area contributed by atoms with Crippen LogP contribution in [-0.4, -0.2) is 20.9 Å². The first-order chi connectivity index (χ1) is 17.0. The Balaban J connectivity index is 1.67. The fourth-order valence-electron chi connectivity index (χ4n) is 4.50. The van der Waals surface area contributed by atoms with Crippen molar-refractivity contribution in [3.8, 4) is 22.3 Å². The van der Waals surface area contributed by atoms with Crippen molar-refractivity contribution in [2.75, 3.05) is 6.16 Å². The van der Waals surface area contributed by atoms with Crippen molar-refractivity contribution in [1.29, 1.82) is 0 Å². The van der Waals surface area contributed by atoms with Gasteiger partial charge in [-0.1, -0.05) is 100 Å². The topological polar surface area (TPSA) is 70.4 Å². The molecular weight excluding hydrogens is 453 g/mol. The summed E-state index contributed by atoms with van der Waals surface area (Å²) in [5.41, 5.74) is 7.10. The summed E-state index contributed by atoms with van der Waals surface area (Å²) >= 11 is 0. The second-order valence-corrected chi connectivity index (χ2v) is 11.3. The first kappa shape index (κ1) is 27.3. The lowest BCUT2D eigenvalue weighted by atomic mass is 9.92. The standard InChI is InChI=1S/C30H40NO3P/c1-2-3-4-5-6-12-17-28-20-19-27(24-31-28)29-21-18-25(14-9-8-13-22-35(32,33)34)23-30(29)26-15-10-7-11-16-26/h7,10-11,15-16,18-21,23-24H,2-6,8-9,12-14,17,22H2,1H3,(H2,32,33,34). The molecule has 35 heavy (non-hydrogen) atoms. The highest BCUT2D eigenvalue weighted by Gasteiger charge is 2.12. The molecule has 0 aliphatic rings. The summed E-state index contributed by atoms with van der Waals surface area (Å²) in [6.45, 7) is 2.25. The van der Waals surface area contributed by atoms with Crippen molar-refractivity contribution < 1.29 is 14.4 Å². The lowest BCUT2D eigenvalue weighted by Crippen LogP contribution is -1.94. The molecule has 4 nitrogen and oxygen atoms in total. The molecule has 0 unspecified atom stereocenters. The third kappa shape index (κ3) is 9.72. The smallest absolute Gasteiger partial charge is 0.324 e. The third-order valence-corrected chi connectivity index (χ3v) is 7.40. The van der Waals surface area contributed by atoms with Gasteiger partial charge in [0, 0.05) is 23.6 Å². The molecule has 0 spiro atoms. The maximum Gasteiger partial charge on any atom is 0.325 e. The number of nitrogens with zero attached hydrogens (tertiary/aromatic N) is 1. The normalized spacial score (nSPS) is 11.6. The van der Waals surface area contributed by atoms with E-state index < -0.39 is 7.60 Å². The lowest BCUT2D eigenvalue weighted by Gasteiger charge is -2.13. The van der Waals surface area contributed by atoms with Crippen molar-refractivity contribution in [1.82, 2.24) is 4.98 Å². The van der Waals surface area contributed by atoms with Crippen molar-refractivity contribution in [2.45, 2.75) is 77.6 Å². The van der Waals surface area contributed by atoms with E-state index in [1.165, 1.54) is 60.8 Å². The van der Waals surface area contributed by atoms with Gasteiger partial charge in [0.1, 0.15) is 0 Å². The van der Waals surface area contributed by atoms with Gasteiger partial charge < -0.3 is 9.79 Å². The van der Waals surface area contributed by atoms with Crippen LogP contribution in [0, 0.1) is 0 Å². The van der Waals surface area contributed by atoms with Gasteiger partial charge in [-0.25, -0.2) is 0 Å². The molecule has 0 saturated carbocycles. The first-order valence-electron chi connectivity index (χ1n) is 13.1. The van der Waals surface area contributed by atoms with Gasteiger partial charge in [-0.2, -0.15) is 0 Å². The molecule has 0 atom stereocenters. The minimum Gasteiger partial charge on any atom is -0.324 e. The molecule has 2 aromatic carbocycles. The number of hydrogen-bond donors (Lipinski definition) is 2. The second-order valence-electron chi connectivity index (χ2n) is 9.50. The Morgan fingerprint density at radius 2 is 1.43 bits per heavy atom.